The lowest BCUT2D eigenvalue weighted by atomic mass is 10.1. The summed E-state index contributed by atoms with van der Waals surface area (Å²) in [6.07, 6.45) is 2.71. The number of rotatable bonds is 9. The van der Waals surface area contributed by atoms with Gasteiger partial charge >= 0.3 is 5.97 Å². The summed E-state index contributed by atoms with van der Waals surface area (Å²) in [5.41, 5.74) is 4.33. The van der Waals surface area contributed by atoms with Crippen LogP contribution in [0.3, 0.4) is 0 Å². The minimum absolute atomic E-state index is 0.143. The van der Waals surface area contributed by atoms with E-state index in [9.17, 15) is 9.90 Å². The molecular formula is C30H30N6O4. The number of imidazole rings is 1. The SMILES string of the molecule is [C-]#[N+]c1ccc(COc2cccc(N3CCN(Cc4nc5ccc(C(=O)O)cc5n4C[C@@H]4CCO4)CC3)c2)nc1. The topological polar surface area (TPSA) is 97.3 Å². The van der Waals surface area contributed by atoms with Crippen LogP contribution in [0, 0.1) is 6.57 Å². The fourth-order valence-electron chi connectivity index (χ4n) is 5.12. The molecule has 204 valence electrons. The lowest BCUT2D eigenvalue weighted by molar-refractivity contribution is -0.0592. The second kappa shape index (κ2) is 11.3. The molecule has 0 radical (unpaired) electrons. The van der Waals surface area contributed by atoms with Crippen LogP contribution in [0.2, 0.25) is 0 Å². The van der Waals surface area contributed by atoms with Crippen molar-refractivity contribution in [2.75, 3.05) is 37.7 Å². The first kappa shape index (κ1) is 25.8. The number of piperazine rings is 1. The predicted octanol–water partition coefficient (Wildman–Crippen LogP) is 4.37. The van der Waals surface area contributed by atoms with Gasteiger partial charge in [0.1, 0.15) is 18.2 Å². The van der Waals surface area contributed by atoms with E-state index in [0.29, 0.717) is 25.4 Å². The zero-order chi connectivity index (χ0) is 27.5. The van der Waals surface area contributed by atoms with Crippen molar-refractivity contribution in [1.29, 1.82) is 0 Å². The quantitative estimate of drug-likeness (QED) is 0.314. The molecule has 2 fully saturated rings. The number of anilines is 1. The zero-order valence-electron chi connectivity index (χ0n) is 22.1. The number of hydrogen-bond acceptors (Lipinski definition) is 7. The van der Waals surface area contributed by atoms with Crippen LogP contribution in [0.5, 0.6) is 5.75 Å². The number of carboxylic acids is 1. The van der Waals surface area contributed by atoms with Crippen molar-refractivity contribution in [1.82, 2.24) is 19.4 Å². The Hall–Kier alpha value is -4.46. The first-order chi connectivity index (χ1) is 19.6. The predicted molar refractivity (Wildman–Crippen MR) is 150 cm³/mol. The molecule has 40 heavy (non-hydrogen) atoms. The van der Waals surface area contributed by atoms with E-state index in [0.717, 1.165) is 73.2 Å². The van der Waals surface area contributed by atoms with Gasteiger partial charge in [0.2, 0.25) is 5.69 Å². The average Bonchev–Trinajstić information content (AvgIpc) is 3.30. The summed E-state index contributed by atoms with van der Waals surface area (Å²) < 4.78 is 13.8. The molecule has 0 amide bonds. The van der Waals surface area contributed by atoms with Crippen LogP contribution in [0.15, 0.2) is 60.8 Å². The fourth-order valence-corrected chi connectivity index (χ4v) is 5.12. The molecule has 2 aromatic heterocycles. The van der Waals surface area contributed by atoms with Gasteiger partial charge < -0.3 is 24.0 Å². The molecule has 2 saturated heterocycles. The van der Waals surface area contributed by atoms with Crippen LogP contribution in [0.1, 0.15) is 28.3 Å². The van der Waals surface area contributed by atoms with Crippen LogP contribution in [0.25, 0.3) is 15.9 Å². The van der Waals surface area contributed by atoms with Crippen molar-refractivity contribution in [3.05, 3.63) is 89.3 Å². The minimum atomic E-state index is -0.936. The van der Waals surface area contributed by atoms with Crippen molar-refractivity contribution in [2.45, 2.75) is 32.2 Å². The van der Waals surface area contributed by atoms with Crippen molar-refractivity contribution in [3.8, 4) is 5.75 Å². The van der Waals surface area contributed by atoms with Gasteiger partial charge in [-0.05, 0) is 42.8 Å². The number of aromatic nitrogens is 3. The van der Waals surface area contributed by atoms with E-state index >= 15 is 0 Å². The van der Waals surface area contributed by atoms with Crippen molar-refractivity contribution in [3.63, 3.8) is 0 Å². The van der Waals surface area contributed by atoms with E-state index in [1.165, 1.54) is 0 Å². The highest BCUT2D eigenvalue weighted by Gasteiger charge is 2.25. The molecule has 1 atom stereocenters. The summed E-state index contributed by atoms with van der Waals surface area (Å²) in [4.78, 5) is 28.9. The van der Waals surface area contributed by atoms with Gasteiger partial charge in [0.15, 0.2) is 0 Å². The number of nitrogens with zero attached hydrogens (tertiary/aromatic N) is 6. The van der Waals surface area contributed by atoms with Crippen LogP contribution >= 0.6 is 0 Å². The third-order valence-corrected chi connectivity index (χ3v) is 7.50. The molecule has 0 spiro atoms. The van der Waals surface area contributed by atoms with Gasteiger partial charge in [-0.15, -0.1) is 0 Å². The Balaban J connectivity index is 1.10. The Morgan fingerprint density at radius 1 is 1.12 bits per heavy atom. The van der Waals surface area contributed by atoms with Gasteiger partial charge in [0.25, 0.3) is 0 Å². The monoisotopic (exact) mass is 538 g/mol. The summed E-state index contributed by atoms with van der Waals surface area (Å²) in [6.45, 7) is 13.0. The van der Waals surface area contributed by atoms with E-state index in [1.54, 1.807) is 30.5 Å². The minimum Gasteiger partial charge on any atom is -0.487 e. The summed E-state index contributed by atoms with van der Waals surface area (Å²) in [5.74, 6) is 0.784. The van der Waals surface area contributed by atoms with Gasteiger partial charge in [-0.2, -0.15) is 0 Å². The molecule has 2 aliphatic heterocycles. The molecule has 1 N–H and O–H groups in total. The second-order valence-corrected chi connectivity index (χ2v) is 10.1. The Labute approximate surface area is 232 Å². The zero-order valence-corrected chi connectivity index (χ0v) is 22.1. The van der Waals surface area contributed by atoms with E-state index in [2.05, 4.69) is 36.3 Å². The Kier molecular flexibility index (Phi) is 7.31. The van der Waals surface area contributed by atoms with E-state index < -0.39 is 5.97 Å². The Bertz CT molecular complexity index is 1550. The molecule has 0 unspecified atom stereocenters. The van der Waals surface area contributed by atoms with Gasteiger partial charge in [-0.25, -0.2) is 14.6 Å². The van der Waals surface area contributed by atoms with E-state index in [-0.39, 0.29) is 11.7 Å². The normalized spacial score (nSPS) is 17.4. The van der Waals surface area contributed by atoms with Crippen LogP contribution < -0.4 is 9.64 Å². The highest BCUT2D eigenvalue weighted by atomic mass is 16.5. The summed E-state index contributed by atoms with van der Waals surface area (Å²) in [7, 11) is 0. The Morgan fingerprint density at radius 2 is 1.98 bits per heavy atom. The molecule has 6 rings (SSSR count). The van der Waals surface area contributed by atoms with Crippen molar-refractivity contribution < 1.29 is 19.4 Å². The van der Waals surface area contributed by atoms with Crippen LogP contribution in [-0.2, 0) is 24.4 Å². The Morgan fingerprint density at radius 3 is 2.67 bits per heavy atom. The maximum absolute atomic E-state index is 11.6. The third-order valence-electron chi connectivity index (χ3n) is 7.50. The highest BCUT2D eigenvalue weighted by molar-refractivity contribution is 5.92. The number of pyridine rings is 1. The molecule has 10 heteroatoms. The van der Waals surface area contributed by atoms with Crippen LogP contribution in [-0.4, -0.2) is 69.4 Å². The smallest absolute Gasteiger partial charge is 0.335 e. The molecule has 0 bridgehead atoms. The fraction of sp³-hybridized carbons (Fsp3) is 0.333. The molecular weight excluding hydrogens is 508 g/mol. The lowest BCUT2D eigenvalue weighted by Crippen LogP contribution is -2.46. The number of fused-ring (bicyclic) bond motifs is 1. The summed E-state index contributed by atoms with van der Waals surface area (Å²) in [6, 6.07) is 16.8. The summed E-state index contributed by atoms with van der Waals surface area (Å²) in [5, 5.41) is 9.49. The molecule has 0 aliphatic carbocycles. The molecule has 10 nitrogen and oxygen atoms in total. The molecule has 4 aromatic rings. The number of benzene rings is 2. The largest absolute Gasteiger partial charge is 0.487 e. The number of ether oxygens (including phenoxy) is 2. The molecule has 2 aromatic carbocycles. The van der Waals surface area contributed by atoms with E-state index in [4.69, 9.17) is 21.0 Å². The maximum atomic E-state index is 11.6. The third kappa shape index (κ3) is 5.61. The second-order valence-electron chi connectivity index (χ2n) is 10.1. The summed E-state index contributed by atoms with van der Waals surface area (Å²) >= 11 is 0. The number of hydrogen-bond donors (Lipinski definition) is 1. The van der Waals surface area contributed by atoms with E-state index in [1.807, 2.05) is 18.2 Å². The first-order valence-electron chi connectivity index (χ1n) is 13.4. The number of carboxylic acid groups (broad SMARTS) is 1. The van der Waals surface area contributed by atoms with Gasteiger partial charge in [0, 0.05) is 50.7 Å². The van der Waals surface area contributed by atoms with Gasteiger partial charge in [-0.3, -0.25) is 9.88 Å². The lowest BCUT2D eigenvalue weighted by Gasteiger charge is -2.36. The highest BCUT2D eigenvalue weighted by Crippen LogP contribution is 2.26. The van der Waals surface area contributed by atoms with Crippen molar-refractivity contribution in [2.24, 2.45) is 0 Å². The first-order valence-corrected chi connectivity index (χ1v) is 13.4. The van der Waals surface area contributed by atoms with Gasteiger partial charge in [-0.1, -0.05) is 12.1 Å². The standard InChI is InChI=1S/C30H30N6O4/c1-31-22-6-7-23(32-17-22)20-40-25-4-2-3-24(16-25)35-12-10-34(11-13-35)19-29-33-27-8-5-21(30(37)38)15-28(27)36(29)18-26-9-14-39-26/h2-8,15-17,26H,9-14,18-20H2,(H,37,38)/t26-/m0/s1. The maximum Gasteiger partial charge on any atom is 0.335 e. The van der Waals surface area contributed by atoms with Crippen molar-refractivity contribution >= 4 is 28.4 Å². The molecule has 2 aliphatic rings. The van der Waals surface area contributed by atoms with Gasteiger partial charge in [0.05, 0.1) is 48.1 Å². The number of carbonyl (C=O) groups is 1. The number of aromatic carboxylic acids is 1. The average molecular weight is 539 g/mol. The molecule has 0 saturated carbocycles. The molecule has 4 heterocycles. The van der Waals surface area contributed by atoms with Crippen LogP contribution in [0.4, 0.5) is 11.4 Å².